The number of ether oxygens (including phenoxy) is 1. The monoisotopic (exact) mass is 464 g/mol. The van der Waals surface area contributed by atoms with Gasteiger partial charge < -0.3 is 10.1 Å². The number of benzene rings is 2. The van der Waals surface area contributed by atoms with Crippen LogP contribution in [-0.4, -0.2) is 33.2 Å². The first kappa shape index (κ1) is 23.8. The molecular formula is C19H20ClF3N2O4S. The Morgan fingerprint density at radius 1 is 1.20 bits per heavy atom. The van der Waals surface area contributed by atoms with E-state index < -0.39 is 33.7 Å². The van der Waals surface area contributed by atoms with E-state index in [2.05, 4.69) is 5.32 Å². The Hall–Kier alpha value is -2.46. The third kappa shape index (κ3) is 5.79. The number of amides is 1. The van der Waals surface area contributed by atoms with Crippen LogP contribution in [0.25, 0.3) is 0 Å². The van der Waals surface area contributed by atoms with Crippen molar-refractivity contribution in [2.24, 2.45) is 0 Å². The summed E-state index contributed by atoms with van der Waals surface area (Å²) in [6.45, 7) is 3.53. The number of rotatable bonds is 7. The molecule has 0 aliphatic heterocycles. The number of carbonyl (C=O) groups is 1. The second-order valence-electron chi connectivity index (χ2n) is 6.34. The molecule has 0 radical (unpaired) electrons. The van der Waals surface area contributed by atoms with E-state index in [0.29, 0.717) is 18.4 Å². The summed E-state index contributed by atoms with van der Waals surface area (Å²) in [5.74, 6) is -0.335. The molecule has 0 saturated carbocycles. The minimum absolute atomic E-state index is 0.115. The Balaban J connectivity index is 2.33. The van der Waals surface area contributed by atoms with Crippen molar-refractivity contribution in [3.8, 4) is 5.75 Å². The Morgan fingerprint density at radius 3 is 2.30 bits per heavy atom. The summed E-state index contributed by atoms with van der Waals surface area (Å²) in [5.41, 5.74) is -1.08. The molecule has 0 aromatic heterocycles. The van der Waals surface area contributed by atoms with Gasteiger partial charge in [0.1, 0.15) is 11.8 Å². The second kappa shape index (κ2) is 9.13. The van der Waals surface area contributed by atoms with Gasteiger partial charge >= 0.3 is 6.18 Å². The molecular weight excluding hydrogens is 445 g/mol. The van der Waals surface area contributed by atoms with Crippen LogP contribution >= 0.6 is 11.6 Å². The lowest BCUT2D eigenvalue weighted by molar-refractivity contribution is -0.137. The molecule has 1 atom stereocenters. The first-order valence-electron chi connectivity index (χ1n) is 8.74. The summed E-state index contributed by atoms with van der Waals surface area (Å²) < 4.78 is 69.6. The lowest BCUT2D eigenvalue weighted by Crippen LogP contribution is -2.45. The number of hydrogen-bond acceptors (Lipinski definition) is 4. The average Bonchev–Trinajstić information content (AvgIpc) is 2.63. The Morgan fingerprint density at radius 2 is 1.80 bits per heavy atom. The molecule has 11 heteroatoms. The van der Waals surface area contributed by atoms with Crippen molar-refractivity contribution in [3.63, 3.8) is 0 Å². The van der Waals surface area contributed by atoms with Crippen LogP contribution in [0.3, 0.4) is 0 Å². The molecule has 0 unspecified atom stereocenters. The highest BCUT2D eigenvalue weighted by atomic mass is 35.5. The van der Waals surface area contributed by atoms with Gasteiger partial charge in [-0.05, 0) is 56.3 Å². The van der Waals surface area contributed by atoms with Gasteiger partial charge in [-0.3, -0.25) is 9.10 Å². The van der Waals surface area contributed by atoms with Crippen molar-refractivity contribution >= 4 is 38.9 Å². The van der Waals surface area contributed by atoms with Gasteiger partial charge in [-0.2, -0.15) is 13.2 Å². The quantitative estimate of drug-likeness (QED) is 0.652. The van der Waals surface area contributed by atoms with Gasteiger partial charge in [0.05, 0.1) is 34.8 Å². The van der Waals surface area contributed by atoms with Gasteiger partial charge in [0, 0.05) is 0 Å². The first-order chi connectivity index (χ1) is 13.8. The van der Waals surface area contributed by atoms with Gasteiger partial charge in [-0.1, -0.05) is 11.6 Å². The predicted octanol–water partition coefficient (Wildman–Crippen LogP) is 4.55. The van der Waals surface area contributed by atoms with Crippen molar-refractivity contribution in [2.75, 3.05) is 22.5 Å². The highest BCUT2D eigenvalue weighted by molar-refractivity contribution is 7.92. The van der Waals surface area contributed by atoms with E-state index >= 15 is 0 Å². The van der Waals surface area contributed by atoms with E-state index in [-0.39, 0.29) is 16.4 Å². The molecule has 0 fully saturated rings. The van der Waals surface area contributed by atoms with Crippen molar-refractivity contribution in [2.45, 2.75) is 26.1 Å². The largest absolute Gasteiger partial charge is 0.494 e. The highest BCUT2D eigenvalue weighted by Gasteiger charge is 2.32. The molecule has 0 spiro atoms. The summed E-state index contributed by atoms with van der Waals surface area (Å²) in [6, 6.07) is 7.23. The number of halogens is 4. The third-order valence-corrected chi connectivity index (χ3v) is 5.61. The normalized spacial score (nSPS) is 12.9. The molecule has 2 aromatic rings. The van der Waals surface area contributed by atoms with Crippen LogP contribution in [0.2, 0.25) is 5.02 Å². The van der Waals surface area contributed by atoms with Crippen molar-refractivity contribution < 1.29 is 31.1 Å². The average molecular weight is 465 g/mol. The molecule has 1 N–H and O–H groups in total. The Kier molecular flexibility index (Phi) is 7.25. The summed E-state index contributed by atoms with van der Waals surface area (Å²) in [7, 11) is -3.90. The van der Waals surface area contributed by atoms with Crippen molar-refractivity contribution in [1.29, 1.82) is 0 Å². The van der Waals surface area contributed by atoms with Crippen LogP contribution in [-0.2, 0) is 21.0 Å². The topological polar surface area (TPSA) is 75.7 Å². The lowest BCUT2D eigenvalue weighted by Gasteiger charge is -2.28. The smallest absolute Gasteiger partial charge is 0.416 e. The Labute approximate surface area is 177 Å². The number of anilines is 2. The summed E-state index contributed by atoms with van der Waals surface area (Å²) in [5, 5.41) is 2.16. The maximum atomic E-state index is 12.9. The van der Waals surface area contributed by atoms with Crippen molar-refractivity contribution in [1.82, 2.24) is 0 Å². The fraction of sp³-hybridized carbons (Fsp3) is 0.316. The number of sulfonamides is 1. The van der Waals surface area contributed by atoms with Crippen LogP contribution < -0.4 is 14.4 Å². The van der Waals surface area contributed by atoms with Gasteiger partial charge in [-0.15, -0.1) is 0 Å². The maximum absolute atomic E-state index is 12.9. The predicted molar refractivity (Wildman–Crippen MR) is 109 cm³/mol. The standard InChI is InChI=1S/C19H20ClF3N2O4S/c1-4-29-15-8-6-14(7-9-15)25(30(3,27)28)12(2)18(26)24-17-11-13(19(21,22)23)5-10-16(17)20/h5-12H,4H2,1-3H3,(H,24,26)/t12-/m1/s1. The number of alkyl halides is 3. The van der Waals surface area contributed by atoms with Gasteiger partial charge in [0.25, 0.3) is 0 Å². The van der Waals surface area contributed by atoms with Crippen LogP contribution in [0.4, 0.5) is 24.5 Å². The molecule has 6 nitrogen and oxygen atoms in total. The van der Waals surface area contributed by atoms with Crippen molar-refractivity contribution in [3.05, 3.63) is 53.1 Å². The van der Waals surface area contributed by atoms with Gasteiger partial charge in [0.2, 0.25) is 15.9 Å². The van der Waals surface area contributed by atoms with E-state index in [9.17, 15) is 26.4 Å². The maximum Gasteiger partial charge on any atom is 0.416 e. The van der Waals surface area contributed by atoms with E-state index in [0.717, 1.165) is 22.7 Å². The molecule has 2 aromatic carbocycles. The summed E-state index contributed by atoms with van der Waals surface area (Å²) >= 11 is 5.90. The zero-order valence-corrected chi connectivity index (χ0v) is 17.9. The minimum Gasteiger partial charge on any atom is -0.494 e. The Bertz CT molecular complexity index is 1010. The number of nitrogens with one attached hydrogen (secondary N) is 1. The van der Waals surface area contributed by atoms with E-state index in [1.54, 1.807) is 19.1 Å². The number of carbonyl (C=O) groups excluding carboxylic acids is 1. The third-order valence-electron chi connectivity index (χ3n) is 4.04. The second-order valence-corrected chi connectivity index (χ2v) is 8.61. The molecule has 0 saturated heterocycles. The number of nitrogens with zero attached hydrogens (tertiary/aromatic N) is 1. The molecule has 30 heavy (non-hydrogen) atoms. The molecule has 0 bridgehead atoms. The van der Waals surface area contributed by atoms with Crippen LogP contribution in [0.1, 0.15) is 19.4 Å². The SMILES string of the molecule is CCOc1ccc(N([C@H](C)C(=O)Nc2cc(C(F)(F)F)ccc2Cl)S(C)(=O)=O)cc1. The van der Waals surface area contributed by atoms with Gasteiger partial charge in [-0.25, -0.2) is 8.42 Å². The molecule has 2 rings (SSSR count). The molecule has 1 amide bonds. The van der Waals surface area contributed by atoms with E-state index in [1.165, 1.54) is 19.1 Å². The van der Waals surface area contributed by atoms with E-state index in [1.807, 2.05) is 0 Å². The fourth-order valence-corrected chi connectivity index (χ4v) is 4.04. The molecule has 0 aliphatic carbocycles. The van der Waals surface area contributed by atoms with Gasteiger partial charge in [0.15, 0.2) is 0 Å². The highest BCUT2D eigenvalue weighted by Crippen LogP contribution is 2.34. The number of hydrogen-bond donors (Lipinski definition) is 1. The zero-order valence-electron chi connectivity index (χ0n) is 16.3. The fourth-order valence-electron chi connectivity index (χ4n) is 2.70. The lowest BCUT2D eigenvalue weighted by atomic mass is 10.2. The minimum atomic E-state index is -4.63. The molecule has 0 aliphatic rings. The zero-order chi connectivity index (χ0) is 22.7. The molecule has 0 heterocycles. The summed E-state index contributed by atoms with van der Waals surface area (Å²) in [6.07, 6.45) is -3.71. The van der Waals surface area contributed by atoms with E-state index in [4.69, 9.17) is 16.3 Å². The van der Waals surface area contributed by atoms with Crippen LogP contribution in [0.5, 0.6) is 5.75 Å². The molecule has 164 valence electrons. The summed E-state index contributed by atoms with van der Waals surface area (Å²) in [4.78, 5) is 12.7. The van der Waals surface area contributed by atoms with Crippen LogP contribution in [0.15, 0.2) is 42.5 Å². The van der Waals surface area contributed by atoms with Crippen LogP contribution in [0, 0.1) is 0 Å². The first-order valence-corrected chi connectivity index (χ1v) is 11.0.